The van der Waals surface area contributed by atoms with E-state index in [1.165, 1.54) is 6.42 Å². The summed E-state index contributed by atoms with van der Waals surface area (Å²) < 4.78 is 11.2. The van der Waals surface area contributed by atoms with Crippen LogP contribution >= 0.6 is 0 Å². The molecule has 3 nitrogen and oxygen atoms in total. The third-order valence-electron chi connectivity index (χ3n) is 3.23. The van der Waals surface area contributed by atoms with Gasteiger partial charge in [0.1, 0.15) is 11.5 Å². The van der Waals surface area contributed by atoms with E-state index in [1.807, 2.05) is 6.92 Å². The maximum atomic E-state index is 5.81. The molecule has 1 aromatic rings. The first kappa shape index (κ1) is 13.4. The Bertz CT molecular complexity index is 397. The molecule has 0 aromatic carbocycles. The fourth-order valence-corrected chi connectivity index (χ4v) is 2.01. The Hall–Kier alpha value is -1.06. The Morgan fingerprint density at radius 2 is 2.33 bits per heavy atom. The molecule has 1 aromatic heterocycles. The van der Waals surface area contributed by atoms with Crippen molar-refractivity contribution < 1.29 is 9.15 Å². The van der Waals surface area contributed by atoms with Gasteiger partial charge in [0.15, 0.2) is 0 Å². The SMILES string of the molecule is C=C(C)COCCNCc1ccc(C2CC2C)o1. The molecule has 3 heteroatoms. The highest BCUT2D eigenvalue weighted by Gasteiger charge is 2.36. The maximum absolute atomic E-state index is 5.81. The Morgan fingerprint density at radius 3 is 3.00 bits per heavy atom. The van der Waals surface area contributed by atoms with E-state index in [-0.39, 0.29) is 0 Å². The lowest BCUT2D eigenvalue weighted by Gasteiger charge is -2.04. The van der Waals surface area contributed by atoms with E-state index in [9.17, 15) is 0 Å². The molecule has 2 atom stereocenters. The summed E-state index contributed by atoms with van der Waals surface area (Å²) in [6.45, 7) is 11.0. The molecular weight excluding hydrogens is 226 g/mol. The van der Waals surface area contributed by atoms with Crippen LogP contribution < -0.4 is 5.32 Å². The Morgan fingerprint density at radius 1 is 1.56 bits per heavy atom. The summed E-state index contributed by atoms with van der Waals surface area (Å²) in [5, 5.41) is 3.31. The first-order valence-electron chi connectivity index (χ1n) is 6.68. The topological polar surface area (TPSA) is 34.4 Å². The molecule has 0 aliphatic heterocycles. The lowest BCUT2D eigenvalue weighted by molar-refractivity contribution is 0.157. The van der Waals surface area contributed by atoms with E-state index in [4.69, 9.17) is 9.15 Å². The third-order valence-corrected chi connectivity index (χ3v) is 3.23. The Balaban J connectivity index is 1.59. The third kappa shape index (κ3) is 4.00. The van der Waals surface area contributed by atoms with Crippen molar-refractivity contribution in [1.82, 2.24) is 5.32 Å². The molecule has 0 spiro atoms. The van der Waals surface area contributed by atoms with Gasteiger partial charge in [0.2, 0.25) is 0 Å². The van der Waals surface area contributed by atoms with E-state index >= 15 is 0 Å². The molecule has 100 valence electrons. The van der Waals surface area contributed by atoms with Crippen LogP contribution in [0.15, 0.2) is 28.7 Å². The van der Waals surface area contributed by atoms with Crippen LogP contribution in [0, 0.1) is 5.92 Å². The lowest BCUT2D eigenvalue weighted by Crippen LogP contribution is -2.19. The fraction of sp³-hybridized carbons (Fsp3) is 0.600. The summed E-state index contributed by atoms with van der Waals surface area (Å²) in [6.07, 6.45) is 1.27. The maximum Gasteiger partial charge on any atom is 0.117 e. The second-order valence-electron chi connectivity index (χ2n) is 5.31. The zero-order valence-electron chi connectivity index (χ0n) is 11.4. The first-order chi connectivity index (χ1) is 8.66. The average molecular weight is 249 g/mol. The Labute approximate surface area is 109 Å². The molecule has 1 N–H and O–H groups in total. The van der Waals surface area contributed by atoms with E-state index in [1.54, 1.807) is 0 Å². The molecule has 1 heterocycles. The molecule has 2 rings (SSSR count). The quantitative estimate of drug-likeness (QED) is 0.568. The molecule has 0 saturated heterocycles. The van der Waals surface area contributed by atoms with Crippen LogP contribution in [0.25, 0.3) is 0 Å². The van der Waals surface area contributed by atoms with Gasteiger partial charge in [-0.25, -0.2) is 0 Å². The van der Waals surface area contributed by atoms with E-state index < -0.39 is 0 Å². The van der Waals surface area contributed by atoms with Crippen LogP contribution in [0.3, 0.4) is 0 Å². The second kappa shape index (κ2) is 6.21. The minimum absolute atomic E-state index is 0.645. The molecule has 1 saturated carbocycles. The molecule has 0 bridgehead atoms. The van der Waals surface area contributed by atoms with Crippen LogP contribution in [0.4, 0.5) is 0 Å². The lowest BCUT2D eigenvalue weighted by atomic mass is 10.3. The summed E-state index contributed by atoms with van der Waals surface area (Å²) in [4.78, 5) is 0. The molecule has 2 unspecified atom stereocenters. The minimum atomic E-state index is 0.645. The average Bonchev–Trinajstić information content (AvgIpc) is 2.88. The van der Waals surface area contributed by atoms with Gasteiger partial charge in [0.25, 0.3) is 0 Å². The van der Waals surface area contributed by atoms with Crippen LogP contribution in [-0.4, -0.2) is 19.8 Å². The number of rotatable bonds is 8. The van der Waals surface area contributed by atoms with Gasteiger partial charge in [-0.2, -0.15) is 0 Å². The molecule has 0 amide bonds. The highest BCUT2D eigenvalue weighted by Crippen LogP contribution is 2.47. The van der Waals surface area contributed by atoms with Crippen LogP contribution in [0.5, 0.6) is 0 Å². The number of hydrogen-bond donors (Lipinski definition) is 1. The van der Waals surface area contributed by atoms with E-state index in [0.717, 1.165) is 36.1 Å². The molecular formula is C15H23NO2. The zero-order valence-corrected chi connectivity index (χ0v) is 11.4. The number of hydrogen-bond acceptors (Lipinski definition) is 3. The molecule has 1 aliphatic rings. The van der Waals surface area contributed by atoms with Crippen LogP contribution in [0.2, 0.25) is 0 Å². The molecule has 1 fully saturated rings. The largest absolute Gasteiger partial charge is 0.464 e. The normalized spacial score (nSPS) is 22.1. The smallest absolute Gasteiger partial charge is 0.117 e. The van der Waals surface area contributed by atoms with Gasteiger partial charge < -0.3 is 14.5 Å². The number of ether oxygens (including phenoxy) is 1. The van der Waals surface area contributed by atoms with Gasteiger partial charge >= 0.3 is 0 Å². The van der Waals surface area contributed by atoms with Crippen molar-refractivity contribution in [3.63, 3.8) is 0 Å². The van der Waals surface area contributed by atoms with Crippen molar-refractivity contribution in [2.45, 2.75) is 32.7 Å². The summed E-state index contributed by atoms with van der Waals surface area (Å²) in [5.41, 5.74) is 1.06. The van der Waals surface area contributed by atoms with E-state index in [0.29, 0.717) is 19.1 Å². The first-order valence-corrected chi connectivity index (χ1v) is 6.68. The summed E-state index contributed by atoms with van der Waals surface area (Å²) in [7, 11) is 0. The van der Waals surface area contributed by atoms with Crippen molar-refractivity contribution in [2.75, 3.05) is 19.8 Å². The van der Waals surface area contributed by atoms with Gasteiger partial charge in [0.05, 0.1) is 19.8 Å². The van der Waals surface area contributed by atoms with Gasteiger partial charge in [-0.3, -0.25) is 0 Å². The van der Waals surface area contributed by atoms with Crippen molar-refractivity contribution in [3.8, 4) is 0 Å². The summed E-state index contributed by atoms with van der Waals surface area (Å²) in [5.74, 6) is 3.63. The molecule has 0 radical (unpaired) electrons. The van der Waals surface area contributed by atoms with Gasteiger partial charge in [-0.15, -0.1) is 0 Å². The van der Waals surface area contributed by atoms with Crippen molar-refractivity contribution >= 4 is 0 Å². The second-order valence-corrected chi connectivity index (χ2v) is 5.31. The predicted molar refractivity (Wildman–Crippen MR) is 72.6 cm³/mol. The summed E-state index contributed by atoms with van der Waals surface area (Å²) in [6, 6.07) is 4.19. The highest BCUT2D eigenvalue weighted by atomic mass is 16.5. The highest BCUT2D eigenvalue weighted by molar-refractivity contribution is 5.17. The van der Waals surface area contributed by atoms with Crippen LogP contribution in [0.1, 0.15) is 37.7 Å². The van der Waals surface area contributed by atoms with Gasteiger partial charge in [0, 0.05) is 12.5 Å². The van der Waals surface area contributed by atoms with E-state index in [2.05, 4.69) is 31.0 Å². The van der Waals surface area contributed by atoms with Crippen molar-refractivity contribution in [3.05, 3.63) is 35.8 Å². The minimum Gasteiger partial charge on any atom is -0.464 e. The molecule has 18 heavy (non-hydrogen) atoms. The molecule has 1 aliphatic carbocycles. The monoisotopic (exact) mass is 249 g/mol. The predicted octanol–water partition coefficient (Wildman–Crippen LogP) is 3.09. The van der Waals surface area contributed by atoms with Gasteiger partial charge in [-0.05, 0) is 31.4 Å². The van der Waals surface area contributed by atoms with Crippen molar-refractivity contribution in [1.29, 1.82) is 0 Å². The van der Waals surface area contributed by atoms with Crippen LogP contribution in [-0.2, 0) is 11.3 Å². The number of furan rings is 1. The van der Waals surface area contributed by atoms with Crippen molar-refractivity contribution in [2.24, 2.45) is 5.92 Å². The standard InChI is InChI=1S/C15H23NO2/c1-11(2)10-17-7-6-16-9-13-4-5-15(18-13)14-8-12(14)3/h4-5,12,14,16H,1,6-10H2,2-3H3. The number of nitrogens with one attached hydrogen (secondary N) is 1. The summed E-state index contributed by atoms with van der Waals surface area (Å²) >= 11 is 0. The van der Waals surface area contributed by atoms with Gasteiger partial charge in [-0.1, -0.05) is 19.1 Å². The zero-order chi connectivity index (χ0) is 13.0. The fourth-order valence-electron chi connectivity index (χ4n) is 2.01. The Kier molecular flexibility index (Phi) is 4.61.